The van der Waals surface area contributed by atoms with Gasteiger partial charge in [-0.1, -0.05) is 28.7 Å². The Bertz CT molecular complexity index is 324. The van der Waals surface area contributed by atoms with E-state index < -0.39 is 0 Å². The van der Waals surface area contributed by atoms with Gasteiger partial charge >= 0.3 is 0 Å². The van der Waals surface area contributed by atoms with Crippen LogP contribution in [0.15, 0.2) is 29.2 Å². The molecule has 0 aliphatic heterocycles. The predicted molar refractivity (Wildman–Crippen MR) is 71.7 cm³/mol. The van der Waals surface area contributed by atoms with E-state index in [1.807, 2.05) is 12.3 Å². The van der Waals surface area contributed by atoms with Gasteiger partial charge in [0.2, 0.25) is 0 Å². The van der Waals surface area contributed by atoms with Crippen LogP contribution in [0.1, 0.15) is 12.8 Å². The molecule has 0 unspecified atom stereocenters. The molecule has 3 nitrogen and oxygen atoms in total. The van der Waals surface area contributed by atoms with Crippen LogP contribution >= 0.6 is 22.6 Å². The van der Waals surface area contributed by atoms with Crippen LogP contribution in [-0.2, 0) is 6.54 Å². The average Bonchev–Trinajstić information content (AvgIpc) is 2.25. The molecule has 84 valence electrons. The van der Waals surface area contributed by atoms with Gasteiger partial charge in [-0.25, -0.2) is 0 Å². The van der Waals surface area contributed by atoms with Crippen molar-refractivity contribution in [2.75, 3.05) is 17.5 Å². The van der Waals surface area contributed by atoms with E-state index in [2.05, 4.69) is 27.9 Å². The lowest BCUT2D eigenvalue weighted by molar-refractivity contribution is 0.572. The SMILES string of the molecule is O=c1ccccn1CCNCCCCI. The first-order valence-corrected chi connectivity index (χ1v) is 6.79. The largest absolute Gasteiger partial charge is 0.315 e. The van der Waals surface area contributed by atoms with E-state index in [4.69, 9.17) is 0 Å². The highest BCUT2D eigenvalue weighted by Gasteiger charge is 1.92. The zero-order valence-electron chi connectivity index (χ0n) is 8.79. The second-order valence-electron chi connectivity index (χ2n) is 3.38. The smallest absolute Gasteiger partial charge is 0.250 e. The van der Waals surface area contributed by atoms with Crippen molar-refractivity contribution in [3.05, 3.63) is 34.7 Å². The lowest BCUT2D eigenvalue weighted by Crippen LogP contribution is -2.26. The summed E-state index contributed by atoms with van der Waals surface area (Å²) in [4.78, 5) is 11.3. The molecule has 1 aromatic heterocycles. The summed E-state index contributed by atoms with van der Waals surface area (Å²) < 4.78 is 2.95. The van der Waals surface area contributed by atoms with E-state index >= 15 is 0 Å². The molecule has 0 saturated carbocycles. The van der Waals surface area contributed by atoms with Crippen LogP contribution in [0, 0.1) is 0 Å². The van der Waals surface area contributed by atoms with Crippen LogP contribution in [0.4, 0.5) is 0 Å². The Hall–Kier alpha value is -0.360. The number of rotatable bonds is 7. The normalized spacial score (nSPS) is 10.5. The first kappa shape index (κ1) is 12.7. The molecule has 0 saturated heterocycles. The molecule has 0 bridgehead atoms. The van der Waals surface area contributed by atoms with Gasteiger partial charge in [-0.15, -0.1) is 0 Å². The van der Waals surface area contributed by atoms with Crippen molar-refractivity contribution in [1.82, 2.24) is 9.88 Å². The molecule has 0 fully saturated rings. The molecule has 1 aromatic rings. The molecule has 15 heavy (non-hydrogen) atoms. The zero-order chi connectivity index (χ0) is 10.9. The molecule has 4 heteroatoms. The number of aromatic nitrogens is 1. The molecule has 0 spiro atoms. The topological polar surface area (TPSA) is 34.0 Å². The highest BCUT2D eigenvalue weighted by molar-refractivity contribution is 14.1. The third kappa shape index (κ3) is 5.32. The van der Waals surface area contributed by atoms with Gasteiger partial charge in [-0.05, 0) is 29.9 Å². The zero-order valence-corrected chi connectivity index (χ0v) is 10.9. The molecular weight excluding hydrogens is 303 g/mol. The van der Waals surface area contributed by atoms with Gasteiger partial charge in [0.15, 0.2) is 0 Å². The van der Waals surface area contributed by atoms with Gasteiger partial charge in [0.1, 0.15) is 0 Å². The van der Waals surface area contributed by atoms with E-state index in [0.29, 0.717) is 0 Å². The van der Waals surface area contributed by atoms with E-state index in [0.717, 1.165) is 19.6 Å². The van der Waals surface area contributed by atoms with Crippen molar-refractivity contribution in [3.63, 3.8) is 0 Å². The maximum absolute atomic E-state index is 11.3. The summed E-state index contributed by atoms with van der Waals surface area (Å²) in [6.07, 6.45) is 4.31. The molecule has 0 aliphatic carbocycles. The van der Waals surface area contributed by atoms with E-state index in [1.54, 1.807) is 16.7 Å². The van der Waals surface area contributed by atoms with Crippen LogP contribution in [0.5, 0.6) is 0 Å². The fourth-order valence-corrected chi connectivity index (χ4v) is 1.85. The molecule has 1 heterocycles. The lowest BCUT2D eigenvalue weighted by atomic mass is 10.3. The Labute approximate surface area is 104 Å². The Morgan fingerprint density at radius 3 is 2.87 bits per heavy atom. The number of nitrogens with one attached hydrogen (secondary N) is 1. The quantitative estimate of drug-likeness (QED) is 0.471. The highest BCUT2D eigenvalue weighted by Crippen LogP contribution is 1.92. The van der Waals surface area contributed by atoms with Gasteiger partial charge in [0.25, 0.3) is 5.56 Å². The first-order valence-electron chi connectivity index (χ1n) is 5.27. The Morgan fingerprint density at radius 2 is 2.13 bits per heavy atom. The number of halogens is 1. The monoisotopic (exact) mass is 320 g/mol. The van der Waals surface area contributed by atoms with Gasteiger partial charge < -0.3 is 9.88 Å². The van der Waals surface area contributed by atoms with Gasteiger partial charge in [0.05, 0.1) is 0 Å². The second kappa shape index (κ2) is 7.87. The summed E-state index contributed by atoms with van der Waals surface area (Å²) in [5.41, 5.74) is 0.0755. The van der Waals surface area contributed by atoms with Crippen LogP contribution in [0.2, 0.25) is 0 Å². The number of unbranched alkanes of at least 4 members (excludes halogenated alkanes) is 1. The molecular formula is C11H17IN2O. The van der Waals surface area contributed by atoms with Crippen molar-refractivity contribution in [2.24, 2.45) is 0 Å². The third-order valence-electron chi connectivity index (χ3n) is 2.17. The van der Waals surface area contributed by atoms with E-state index in [9.17, 15) is 4.79 Å². The molecule has 0 radical (unpaired) electrons. The summed E-state index contributed by atoms with van der Waals surface area (Å²) in [7, 11) is 0. The van der Waals surface area contributed by atoms with Crippen molar-refractivity contribution in [1.29, 1.82) is 0 Å². The predicted octanol–water partition coefficient (Wildman–Crippen LogP) is 1.65. The van der Waals surface area contributed by atoms with E-state index in [1.165, 1.54) is 17.3 Å². The minimum absolute atomic E-state index is 0.0755. The number of pyridine rings is 1. The summed E-state index contributed by atoms with van der Waals surface area (Å²) in [6.45, 7) is 2.67. The van der Waals surface area contributed by atoms with Crippen LogP contribution in [0.3, 0.4) is 0 Å². The maximum Gasteiger partial charge on any atom is 0.250 e. The molecule has 0 amide bonds. The summed E-state index contributed by atoms with van der Waals surface area (Å²) in [6, 6.07) is 5.25. The van der Waals surface area contributed by atoms with Crippen LogP contribution < -0.4 is 10.9 Å². The molecule has 0 aliphatic rings. The number of alkyl halides is 1. The lowest BCUT2D eigenvalue weighted by Gasteiger charge is -2.06. The fourth-order valence-electron chi connectivity index (χ4n) is 1.31. The van der Waals surface area contributed by atoms with Crippen LogP contribution in [-0.4, -0.2) is 22.1 Å². The average molecular weight is 320 g/mol. The summed E-state index contributed by atoms with van der Waals surface area (Å²) in [5, 5.41) is 3.33. The number of nitrogens with zero attached hydrogens (tertiary/aromatic N) is 1. The fraction of sp³-hybridized carbons (Fsp3) is 0.545. The molecule has 0 atom stereocenters. The summed E-state index contributed by atoms with van der Waals surface area (Å²) >= 11 is 2.39. The molecule has 0 aromatic carbocycles. The van der Waals surface area contributed by atoms with Crippen molar-refractivity contribution < 1.29 is 0 Å². The minimum atomic E-state index is 0.0755. The standard InChI is InChI=1S/C11H17IN2O/c12-6-2-3-7-13-8-10-14-9-4-1-5-11(14)15/h1,4-5,9,13H,2-3,6-8,10H2. The van der Waals surface area contributed by atoms with Crippen molar-refractivity contribution >= 4 is 22.6 Å². The highest BCUT2D eigenvalue weighted by atomic mass is 127. The first-order chi connectivity index (χ1) is 7.34. The van der Waals surface area contributed by atoms with E-state index in [-0.39, 0.29) is 5.56 Å². The Kier molecular flexibility index (Phi) is 6.67. The Balaban J connectivity index is 2.15. The number of hydrogen-bond donors (Lipinski definition) is 1. The van der Waals surface area contributed by atoms with Crippen molar-refractivity contribution in [2.45, 2.75) is 19.4 Å². The van der Waals surface area contributed by atoms with Gasteiger partial charge in [-0.2, -0.15) is 0 Å². The number of hydrogen-bond acceptors (Lipinski definition) is 2. The Morgan fingerprint density at radius 1 is 1.27 bits per heavy atom. The summed E-state index contributed by atoms with van der Waals surface area (Å²) in [5.74, 6) is 0. The third-order valence-corrected chi connectivity index (χ3v) is 2.93. The van der Waals surface area contributed by atoms with Gasteiger partial charge in [-0.3, -0.25) is 4.79 Å². The maximum atomic E-state index is 11.3. The molecule has 1 N–H and O–H groups in total. The van der Waals surface area contributed by atoms with Crippen LogP contribution in [0.25, 0.3) is 0 Å². The van der Waals surface area contributed by atoms with Crippen molar-refractivity contribution in [3.8, 4) is 0 Å². The second-order valence-corrected chi connectivity index (χ2v) is 4.46. The molecule has 1 rings (SSSR count). The minimum Gasteiger partial charge on any atom is -0.315 e. The van der Waals surface area contributed by atoms with Gasteiger partial charge in [0, 0.05) is 25.4 Å².